The Kier molecular flexibility index (Phi) is 6.02. The van der Waals surface area contributed by atoms with E-state index in [1.165, 1.54) is 23.1 Å². The molecule has 1 aromatic carbocycles. The molecule has 19 heavy (non-hydrogen) atoms. The van der Waals surface area contributed by atoms with Crippen LogP contribution in [0.25, 0.3) is 0 Å². The molecule has 2 N–H and O–H groups in total. The van der Waals surface area contributed by atoms with Crippen LogP contribution in [0.15, 0.2) is 18.2 Å². The lowest BCUT2D eigenvalue weighted by molar-refractivity contribution is 0.168. The second-order valence-corrected chi connectivity index (χ2v) is 6.18. The third-order valence-electron chi connectivity index (χ3n) is 4.23. The summed E-state index contributed by atoms with van der Waals surface area (Å²) < 4.78 is 0. The molecule has 0 aliphatic rings. The highest BCUT2D eigenvalue weighted by Crippen LogP contribution is 2.26. The Bertz CT molecular complexity index is 398. The van der Waals surface area contributed by atoms with Gasteiger partial charge in [0.2, 0.25) is 0 Å². The Morgan fingerprint density at radius 2 is 1.79 bits per heavy atom. The number of hydrogen-bond donors (Lipinski definition) is 1. The lowest BCUT2D eigenvalue weighted by atomic mass is 9.94. The molecule has 2 nitrogen and oxygen atoms in total. The quantitative estimate of drug-likeness (QED) is 0.847. The lowest BCUT2D eigenvalue weighted by Crippen LogP contribution is -2.38. The molecule has 2 atom stereocenters. The van der Waals surface area contributed by atoms with Gasteiger partial charge in [-0.25, -0.2) is 0 Å². The second kappa shape index (κ2) is 7.06. The Labute approximate surface area is 119 Å². The van der Waals surface area contributed by atoms with Crippen molar-refractivity contribution < 1.29 is 0 Å². The molecule has 0 radical (unpaired) electrons. The van der Waals surface area contributed by atoms with Gasteiger partial charge in [0.05, 0.1) is 0 Å². The van der Waals surface area contributed by atoms with Crippen molar-refractivity contribution in [1.29, 1.82) is 0 Å². The molecule has 0 aromatic heterocycles. The summed E-state index contributed by atoms with van der Waals surface area (Å²) in [7, 11) is 2.20. The number of likely N-dealkylation sites (N-methyl/N-ethyl adjacent to an activating group) is 1. The predicted octanol–water partition coefficient (Wildman–Crippen LogP) is 3.67. The Balaban J connectivity index is 2.96. The van der Waals surface area contributed by atoms with Gasteiger partial charge < -0.3 is 5.73 Å². The van der Waals surface area contributed by atoms with Crippen LogP contribution in [-0.4, -0.2) is 24.5 Å². The third-order valence-corrected chi connectivity index (χ3v) is 4.23. The van der Waals surface area contributed by atoms with Gasteiger partial charge in [0, 0.05) is 18.6 Å². The minimum absolute atomic E-state index is 0.314. The summed E-state index contributed by atoms with van der Waals surface area (Å²) in [6, 6.07) is 7.39. The Morgan fingerprint density at radius 3 is 2.32 bits per heavy atom. The third kappa shape index (κ3) is 4.05. The van der Waals surface area contributed by atoms with E-state index in [4.69, 9.17) is 5.73 Å². The molecule has 2 heteroatoms. The van der Waals surface area contributed by atoms with Gasteiger partial charge in [-0.1, -0.05) is 32.0 Å². The average Bonchev–Trinajstić information content (AvgIpc) is 2.34. The van der Waals surface area contributed by atoms with E-state index in [-0.39, 0.29) is 0 Å². The second-order valence-electron chi connectivity index (χ2n) is 6.18. The van der Waals surface area contributed by atoms with Crippen LogP contribution in [0.1, 0.15) is 49.9 Å². The van der Waals surface area contributed by atoms with E-state index in [0.29, 0.717) is 18.6 Å². The summed E-state index contributed by atoms with van der Waals surface area (Å²) >= 11 is 0. The minimum Gasteiger partial charge on any atom is -0.329 e. The van der Waals surface area contributed by atoms with Crippen LogP contribution in [0.5, 0.6) is 0 Å². The first kappa shape index (κ1) is 16.2. The fourth-order valence-corrected chi connectivity index (χ4v) is 2.80. The predicted molar refractivity (Wildman–Crippen MR) is 84.4 cm³/mol. The molecular weight excluding hydrogens is 232 g/mol. The molecule has 0 aliphatic carbocycles. The smallest absolute Gasteiger partial charge is 0.0472 e. The van der Waals surface area contributed by atoms with Gasteiger partial charge in [0.15, 0.2) is 0 Å². The van der Waals surface area contributed by atoms with E-state index in [9.17, 15) is 0 Å². The molecule has 0 fully saturated rings. The molecule has 108 valence electrons. The van der Waals surface area contributed by atoms with Crippen LogP contribution < -0.4 is 5.73 Å². The molecule has 0 heterocycles. The first-order chi connectivity index (χ1) is 8.88. The highest BCUT2D eigenvalue weighted by Gasteiger charge is 2.22. The van der Waals surface area contributed by atoms with Crippen LogP contribution in [0, 0.1) is 19.8 Å². The van der Waals surface area contributed by atoms with Crippen molar-refractivity contribution in [3.63, 3.8) is 0 Å². The lowest BCUT2D eigenvalue weighted by Gasteiger charge is -2.34. The summed E-state index contributed by atoms with van der Waals surface area (Å²) in [6.45, 7) is 11.9. The van der Waals surface area contributed by atoms with Crippen LogP contribution in [0.4, 0.5) is 0 Å². The fraction of sp³-hybridized carbons (Fsp3) is 0.647. The molecule has 0 amide bonds. The summed E-state index contributed by atoms with van der Waals surface area (Å²) in [5.41, 5.74) is 10.2. The van der Waals surface area contributed by atoms with E-state index in [1.54, 1.807) is 0 Å². The van der Waals surface area contributed by atoms with Crippen molar-refractivity contribution in [2.24, 2.45) is 11.7 Å². The summed E-state index contributed by atoms with van der Waals surface area (Å²) in [6.07, 6.45) is 1.21. The Morgan fingerprint density at radius 1 is 1.16 bits per heavy atom. The topological polar surface area (TPSA) is 29.3 Å². The number of nitrogens with two attached hydrogens (primary N) is 1. The van der Waals surface area contributed by atoms with Crippen molar-refractivity contribution in [3.05, 3.63) is 34.9 Å². The van der Waals surface area contributed by atoms with Crippen molar-refractivity contribution in [2.75, 3.05) is 13.6 Å². The van der Waals surface area contributed by atoms with E-state index in [2.05, 4.69) is 64.8 Å². The normalized spacial score (nSPS) is 15.0. The van der Waals surface area contributed by atoms with Crippen LogP contribution in [0.3, 0.4) is 0 Å². The van der Waals surface area contributed by atoms with Gasteiger partial charge in [-0.05, 0) is 56.8 Å². The van der Waals surface area contributed by atoms with Gasteiger partial charge in [0.1, 0.15) is 0 Å². The van der Waals surface area contributed by atoms with Gasteiger partial charge >= 0.3 is 0 Å². The first-order valence-corrected chi connectivity index (χ1v) is 7.36. The molecule has 0 saturated heterocycles. The minimum atomic E-state index is 0.314. The zero-order chi connectivity index (χ0) is 14.6. The zero-order valence-electron chi connectivity index (χ0n) is 13.4. The van der Waals surface area contributed by atoms with Crippen molar-refractivity contribution in [1.82, 2.24) is 4.90 Å². The molecule has 0 aliphatic heterocycles. The number of hydrogen-bond acceptors (Lipinski definition) is 2. The van der Waals surface area contributed by atoms with Crippen molar-refractivity contribution >= 4 is 0 Å². The standard InChI is InChI=1S/C17H30N2/c1-12(2)10-14(4)19(6)17(11-18)16-9-7-8-13(3)15(16)5/h7-9,12,14,17H,10-11,18H2,1-6H3. The van der Waals surface area contributed by atoms with Crippen LogP contribution in [0.2, 0.25) is 0 Å². The van der Waals surface area contributed by atoms with Crippen molar-refractivity contribution in [2.45, 2.75) is 53.1 Å². The number of aryl methyl sites for hydroxylation is 1. The van der Waals surface area contributed by atoms with E-state index >= 15 is 0 Å². The fourth-order valence-electron chi connectivity index (χ4n) is 2.80. The van der Waals surface area contributed by atoms with Crippen molar-refractivity contribution in [3.8, 4) is 0 Å². The maximum atomic E-state index is 6.05. The molecule has 0 saturated carbocycles. The van der Waals surface area contributed by atoms with E-state index < -0.39 is 0 Å². The van der Waals surface area contributed by atoms with Gasteiger partial charge in [-0.3, -0.25) is 4.90 Å². The van der Waals surface area contributed by atoms with Gasteiger partial charge in [-0.15, -0.1) is 0 Å². The van der Waals surface area contributed by atoms with E-state index in [1.807, 2.05) is 0 Å². The summed E-state index contributed by atoms with van der Waals surface area (Å²) in [5.74, 6) is 0.717. The number of nitrogens with zero attached hydrogens (tertiary/aromatic N) is 1. The molecule has 0 spiro atoms. The molecule has 1 aromatic rings. The summed E-state index contributed by atoms with van der Waals surface area (Å²) in [4.78, 5) is 2.43. The van der Waals surface area contributed by atoms with Gasteiger partial charge in [0.25, 0.3) is 0 Å². The number of rotatable bonds is 6. The maximum absolute atomic E-state index is 6.05. The SMILES string of the molecule is Cc1cccc(C(CN)N(C)C(C)CC(C)C)c1C. The van der Waals surface area contributed by atoms with Crippen LogP contribution in [-0.2, 0) is 0 Å². The monoisotopic (exact) mass is 262 g/mol. The molecular formula is C17H30N2. The largest absolute Gasteiger partial charge is 0.329 e. The van der Waals surface area contributed by atoms with E-state index in [0.717, 1.165) is 5.92 Å². The highest BCUT2D eigenvalue weighted by atomic mass is 15.2. The first-order valence-electron chi connectivity index (χ1n) is 7.36. The Hall–Kier alpha value is -0.860. The zero-order valence-corrected chi connectivity index (χ0v) is 13.4. The number of benzene rings is 1. The molecule has 1 rings (SSSR count). The maximum Gasteiger partial charge on any atom is 0.0472 e. The average molecular weight is 262 g/mol. The van der Waals surface area contributed by atoms with Crippen LogP contribution >= 0.6 is 0 Å². The summed E-state index contributed by atoms with van der Waals surface area (Å²) in [5, 5.41) is 0. The highest BCUT2D eigenvalue weighted by molar-refractivity contribution is 5.35. The van der Waals surface area contributed by atoms with Gasteiger partial charge in [-0.2, -0.15) is 0 Å². The molecule has 2 unspecified atom stereocenters. The molecule has 0 bridgehead atoms.